The zero-order valence-electron chi connectivity index (χ0n) is 17.9. The summed E-state index contributed by atoms with van der Waals surface area (Å²) in [6.07, 6.45) is 0. The third-order valence-corrected chi connectivity index (χ3v) is 6.67. The van der Waals surface area contributed by atoms with Gasteiger partial charge in [0.2, 0.25) is 15.9 Å². The minimum Gasteiger partial charge on any atom is -0.493 e. The molecule has 0 aromatic heterocycles. The molecule has 2 aromatic carbocycles. The highest BCUT2D eigenvalue weighted by Gasteiger charge is 2.25. The van der Waals surface area contributed by atoms with Gasteiger partial charge in [0.1, 0.15) is 13.2 Å². The summed E-state index contributed by atoms with van der Waals surface area (Å²) >= 11 is 0. The van der Waals surface area contributed by atoms with Crippen LogP contribution >= 0.6 is 0 Å². The molecule has 0 saturated carbocycles. The van der Waals surface area contributed by atoms with Crippen molar-refractivity contribution in [2.24, 2.45) is 0 Å². The van der Waals surface area contributed by atoms with Gasteiger partial charge in [-0.25, -0.2) is 8.42 Å². The molecule has 0 saturated heterocycles. The lowest BCUT2D eigenvalue weighted by molar-refractivity contribution is -0.121. The van der Waals surface area contributed by atoms with Gasteiger partial charge in [-0.2, -0.15) is 4.31 Å². The number of ether oxygens (including phenoxy) is 4. The number of hydrogen-bond acceptors (Lipinski definition) is 7. The topological polar surface area (TPSA) is 103 Å². The van der Waals surface area contributed by atoms with Crippen molar-refractivity contribution < 1.29 is 32.2 Å². The molecule has 9 nitrogen and oxygen atoms in total. The zero-order valence-corrected chi connectivity index (χ0v) is 18.7. The predicted molar refractivity (Wildman–Crippen MR) is 113 cm³/mol. The molecule has 2 aromatic rings. The molecule has 0 aliphatic carbocycles. The molecule has 1 N–H and O–H groups in total. The van der Waals surface area contributed by atoms with Crippen LogP contribution in [-0.2, 0) is 14.8 Å². The van der Waals surface area contributed by atoms with Gasteiger partial charge in [-0.3, -0.25) is 4.79 Å². The third kappa shape index (κ3) is 5.02. The predicted octanol–water partition coefficient (Wildman–Crippen LogP) is 1.97. The number of likely N-dealkylation sites (N-methyl/N-ethyl adjacent to an activating group) is 1. The Morgan fingerprint density at radius 2 is 1.74 bits per heavy atom. The van der Waals surface area contributed by atoms with Crippen LogP contribution in [0.25, 0.3) is 0 Å². The zero-order chi connectivity index (χ0) is 22.6. The summed E-state index contributed by atoms with van der Waals surface area (Å²) in [7, 11) is 0.329. The number of nitrogens with zero attached hydrogens (tertiary/aromatic N) is 1. The molecule has 10 heteroatoms. The lowest BCUT2D eigenvalue weighted by Crippen LogP contribution is -2.39. The SMILES string of the molecule is COc1ccc(S(=O)(=O)N(C)CC(=O)N[C@H](C)c2ccc3c(c2)OCCO3)cc1OC. The number of nitrogens with one attached hydrogen (secondary N) is 1. The van der Waals surface area contributed by atoms with Gasteiger partial charge in [-0.05, 0) is 36.8 Å². The largest absolute Gasteiger partial charge is 0.493 e. The summed E-state index contributed by atoms with van der Waals surface area (Å²) < 4.78 is 48.1. The van der Waals surface area contributed by atoms with E-state index < -0.39 is 15.9 Å². The molecule has 168 valence electrons. The van der Waals surface area contributed by atoms with E-state index in [0.29, 0.717) is 30.5 Å². The maximum Gasteiger partial charge on any atom is 0.243 e. The third-order valence-electron chi connectivity index (χ3n) is 4.87. The average Bonchev–Trinajstić information content (AvgIpc) is 2.77. The lowest BCUT2D eigenvalue weighted by Gasteiger charge is -2.22. The lowest BCUT2D eigenvalue weighted by atomic mass is 10.1. The van der Waals surface area contributed by atoms with Gasteiger partial charge in [0, 0.05) is 13.1 Å². The molecule has 1 aliphatic rings. The molecule has 1 amide bonds. The van der Waals surface area contributed by atoms with Crippen LogP contribution in [0.2, 0.25) is 0 Å². The van der Waals surface area contributed by atoms with Crippen LogP contribution in [0.4, 0.5) is 0 Å². The second kappa shape index (κ2) is 9.44. The first-order chi connectivity index (χ1) is 14.8. The summed E-state index contributed by atoms with van der Waals surface area (Å²) in [5, 5.41) is 2.81. The molecule has 3 rings (SSSR count). The van der Waals surface area contributed by atoms with Gasteiger partial charge >= 0.3 is 0 Å². The standard InChI is InChI=1S/C21H26N2O7S/c1-14(15-5-7-18-20(11-15)30-10-9-29-18)22-21(24)13-23(2)31(25,26)16-6-8-17(27-3)19(12-16)28-4/h5-8,11-12,14H,9-10,13H2,1-4H3,(H,22,24)/t14-/m1/s1. The van der Waals surface area contributed by atoms with E-state index in [-0.39, 0.29) is 23.2 Å². The van der Waals surface area contributed by atoms with Crippen LogP contribution in [-0.4, -0.2) is 59.7 Å². The Morgan fingerprint density at radius 1 is 1.06 bits per heavy atom. The van der Waals surface area contributed by atoms with Crippen LogP contribution in [0.5, 0.6) is 23.0 Å². The minimum absolute atomic E-state index is 0.000310. The van der Waals surface area contributed by atoms with E-state index in [2.05, 4.69) is 5.32 Å². The fourth-order valence-electron chi connectivity index (χ4n) is 3.14. The Labute approximate surface area is 181 Å². The second-order valence-corrected chi connectivity index (χ2v) is 9.02. The molecule has 31 heavy (non-hydrogen) atoms. The number of amides is 1. The van der Waals surface area contributed by atoms with Crippen molar-refractivity contribution in [2.75, 3.05) is 41.0 Å². The van der Waals surface area contributed by atoms with Crippen molar-refractivity contribution in [1.29, 1.82) is 0 Å². The van der Waals surface area contributed by atoms with E-state index in [1.165, 1.54) is 39.5 Å². The highest BCUT2D eigenvalue weighted by molar-refractivity contribution is 7.89. The Balaban J connectivity index is 1.67. The van der Waals surface area contributed by atoms with E-state index in [9.17, 15) is 13.2 Å². The molecular weight excluding hydrogens is 424 g/mol. The van der Waals surface area contributed by atoms with Crippen molar-refractivity contribution in [3.8, 4) is 23.0 Å². The normalized spacial score (nSPS) is 14.1. The Hall–Kier alpha value is -2.98. The van der Waals surface area contributed by atoms with E-state index in [1.807, 2.05) is 19.1 Å². The maximum atomic E-state index is 12.9. The van der Waals surface area contributed by atoms with Gasteiger partial charge in [0.25, 0.3) is 0 Å². The smallest absolute Gasteiger partial charge is 0.243 e. The van der Waals surface area contributed by atoms with Crippen molar-refractivity contribution in [1.82, 2.24) is 9.62 Å². The Kier molecular flexibility index (Phi) is 6.91. The van der Waals surface area contributed by atoms with Crippen molar-refractivity contribution >= 4 is 15.9 Å². The van der Waals surface area contributed by atoms with Gasteiger partial charge < -0.3 is 24.3 Å². The molecule has 0 spiro atoms. The van der Waals surface area contributed by atoms with Gasteiger partial charge in [0.05, 0.1) is 31.7 Å². The van der Waals surface area contributed by atoms with Crippen LogP contribution in [0, 0.1) is 0 Å². The number of hydrogen-bond donors (Lipinski definition) is 1. The number of rotatable bonds is 8. The fraction of sp³-hybridized carbons (Fsp3) is 0.381. The number of carbonyl (C=O) groups is 1. The van der Waals surface area contributed by atoms with Crippen molar-refractivity contribution in [3.63, 3.8) is 0 Å². The number of fused-ring (bicyclic) bond motifs is 1. The molecule has 1 heterocycles. The Bertz CT molecular complexity index is 1060. The van der Waals surface area contributed by atoms with Crippen LogP contribution in [0.15, 0.2) is 41.3 Å². The number of methoxy groups -OCH3 is 2. The molecule has 1 atom stereocenters. The Morgan fingerprint density at radius 3 is 2.42 bits per heavy atom. The monoisotopic (exact) mass is 450 g/mol. The average molecular weight is 451 g/mol. The van der Waals surface area contributed by atoms with E-state index in [4.69, 9.17) is 18.9 Å². The molecular formula is C21H26N2O7S. The molecule has 1 aliphatic heterocycles. The van der Waals surface area contributed by atoms with Gasteiger partial charge in [0.15, 0.2) is 23.0 Å². The van der Waals surface area contributed by atoms with E-state index in [0.717, 1.165) is 9.87 Å². The van der Waals surface area contributed by atoms with Crippen molar-refractivity contribution in [3.05, 3.63) is 42.0 Å². The summed E-state index contributed by atoms with van der Waals surface area (Å²) in [6.45, 7) is 2.44. The van der Waals surface area contributed by atoms with E-state index >= 15 is 0 Å². The number of sulfonamides is 1. The highest BCUT2D eigenvalue weighted by atomic mass is 32.2. The first kappa shape index (κ1) is 22.7. The second-order valence-electron chi connectivity index (χ2n) is 6.97. The fourth-order valence-corrected chi connectivity index (χ4v) is 4.29. The molecule has 0 fully saturated rings. The highest BCUT2D eigenvalue weighted by Crippen LogP contribution is 2.33. The number of benzene rings is 2. The van der Waals surface area contributed by atoms with Gasteiger partial charge in [-0.15, -0.1) is 0 Å². The summed E-state index contributed by atoms with van der Waals surface area (Å²) in [5.41, 5.74) is 0.822. The summed E-state index contributed by atoms with van der Waals surface area (Å²) in [4.78, 5) is 12.5. The number of carbonyl (C=O) groups excluding carboxylic acids is 1. The molecule has 0 radical (unpaired) electrons. The summed E-state index contributed by atoms with van der Waals surface area (Å²) in [5.74, 6) is 1.55. The van der Waals surface area contributed by atoms with E-state index in [1.54, 1.807) is 6.07 Å². The van der Waals surface area contributed by atoms with Crippen LogP contribution in [0.1, 0.15) is 18.5 Å². The molecule has 0 unspecified atom stereocenters. The maximum absolute atomic E-state index is 12.9. The van der Waals surface area contributed by atoms with Crippen LogP contribution in [0.3, 0.4) is 0 Å². The minimum atomic E-state index is -3.90. The first-order valence-electron chi connectivity index (χ1n) is 9.63. The first-order valence-corrected chi connectivity index (χ1v) is 11.1. The quantitative estimate of drug-likeness (QED) is 0.656. The molecule has 0 bridgehead atoms. The van der Waals surface area contributed by atoms with Gasteiger partial charge in [-0.1, -0.05) is 6.07 Å². The van der Waals surface area contributed by atoms with Crippen molar-refractivity contribution in [2.45, 2.75) is 17.9 Å². The summed E-state index contributed by atoms with van der Waals surface area (Å²) in [6, 6.07) is 9.36. The van der Waals surface area contributed by atoms with Crippen LogP contribution < -0.4 is 24.3 Å².